The average molecular weight is 312 g/mol. The van der Waals surface area contributed by atoms with Crippen LogP contribution in [0.25, 0.3) is 0 Å². The number of rotatable bonds is 5. The molecule has 0 saturated carbocycles. The lowest BCUT2D eigenvalue weighted by Crippen LogP contribution is -2.41. The van der Waals surface area contributed by atoms with Crippen molar-refractivity contribution < 1.29 is 9.53 Å². The molecule has 0 radical (unpaired) electrons. The van der Waals surface area contributed by atoms with Crippen molar-refractivity contribution >= 4 is 28.9 Å². The molecule has 5 nitrogen and oxygen atoms in total. The summed E-state index contributed by atoms with van der Waals surface area (Å²) in [5.74, 6) is -0.0356. The number of hydrogen-bond donors (Lipinski definition) is 2. The van der Waals surface area contributed by atoms with E-state index in [2.05, 4.69) is 10.2 Å². The van der Waals surface area contributed by atoms with Crippen LogP contribution in [-0.2, 0) is 9.53 Å². The number of ether oxygens (including phenoxy) is 1. The Labute approximate surface area is 130 Å². The molecule has 6 heteroatoms. The second kappa shape index (κ2) is 7.64. The van der Waals surface area contributed by atoms with Crippen molar-refractivity contribution in [2.75, 3.05) is 37.3 Å². The van der Waals surface area contributed by atoms with E-state index < -0.39 is 0 Å². The average Bonchev–Trinajstić information content (AvgIpc) is 2.45. The third-order valence-corrected chi connectivity index (χ3v) is 3.93. The number of piperidine rings is 1. The maximum atomic E-state index is 12.0. The number of amides is 1. The highest BCUT2D eigenvalue weighted by Crippen LogP contribution is 2.22. The van der Waals surface area contributed by atoms with Crippen LogP contribution in [-0.4, -0.2) is 43.2 Å². The van der Waals surface area contributed by atoms with E-state index in [-0.39, 0.29) is 5.91 Å². The van der Waals surface area contributed by atoms with Crippen LogP contribution in [0.15, 0.2) is 18.2 Å². The Kier molecular flexibility index (Phi) is 5.85. The van der Waals surface area contributed by atoms with Crippen molar-refractivity contribution in [1.82, 2.24) is 4.90 Å². The predicted octanol–water partition coefficient (Wildman–Crippen LogP) is 2.36. The van der Waals surface area contributed by atoms with Gasteiger partial charge in [0.25, 0.3) is 0 Å². The van der Waals surface area contributed by atoms with Crippen molar-refractivity contribution in [3.8, 4) is 0 Å². The summed E-state index contributed by atoms with van der Waals surface area (Å²) in [5, 5.41) is 3.33. The quantitative estimate of drug-likeness (QED) is 0.819. The molecule has 0 spiro atoms. The number of carbonyl (C=O) groups is 1. The van der Waals surface area contributed by atoms with Crippen molar-refractivity contribution in [3.63, 3.8) is 0 Å². The topological polar surface area (TPSA) is 67.6 Å². The number of nitrogens with one attached hydrogen (secondary N) is 1. The molecule has 1 aromatic rings. The minimum absolute atomic E-state index is 0.0356. The highest BCUT2D eigenvalue weighted by Gasteiger charge is 2.20. The molecule has 21 heavy (non-hydrogen) atoms. The zero-order chi connectivity index (χ0) is 15.2. The highest BCUT2D eigenvalue weighted by molar-refractivity contribution is 6.33. The normalized spacial score (nSPS) is 16.9. The second-order valence-corrected chi connectivity index (χ2v) is 5.62. The first-order valence-electron chi connectivity index (χ1n) is 7.27. The third kappa shape index (κ3) is 4.88. The number of nitrogens with zero attached hydrogens (tertiary/aromatic N) is 1. The van der Waals surface area contributed by atoms with Crippen molar-refractivity contribution in [3.05, 3.63) is 23.2 Å². The number of likely N-dealkylation sites (tertiary alicyclic amines) is 1. The van der Waals surface area contributed by atoms with Gasteiger partial charge in [-0.05, 0) is 38.0 Å². The highest BCUT2D eigenvalue weighted by atomic mass is 35.5. The lowest BCUT2D eigenvalue weighted by molar-refractivity contribution is -0.118. The van der Waals surface area contributed by atoms with E-state index in [9.17, 15) is 4.79 Å². The number of carbonyl (C=O) groups excluding carboxylic acids is 1. The molecule has 0 unspecified atom stereocenters. The second-order valence-electron chi connectivity index (χ2n) is 5.22. The van der Waals surface area contributed by atoms with Crippen LogP contribution in [0.5, 0.6) is 0 Å². The monoisotopic (exact) mass is 311 g/mol. The molecule has 1 aromatic carbocycles. The van der Waals surface area contributed by atoms with Gasteiger partial charge in [-0.1, -0.05) is 11.6 Å². The minimum Gasteiger partial charge on any atom is -0.397 e. The van der Waals surface area contributed by atoms with E-state index >= 15 is 0 Å². The van der Waals surface area contributed by atoms with Crippen molar-refractivity contribution in [1.29, 1.82) is 0 Å². The van der Waals surface area contributed by atoms with Crippen molar-refractivity contribution in [2.24, 2.45) is 0 Å². The predicted molar refractivity (Wildman–Crippen MR) is 85.6 cm³/mol. The van der Waals surface area contributed by atoms with Gasteiger partial charge in [0.05, 0.1) is 23.4 Å². The van der Waals surface area contributed by atoms with E-state index in [1.54, 1.807) is 18.2 Å². The van der Waals surface area contributed by atoms with Crippen LogP contribution in [0.4, 0.5) is 11.4 Å². The Balaban J connectivity index is 1.78. The number of nitrogen functional groups attached to an aromatic ring is 1. The lowest BCUT2D eigenvalue weighted by Gasteiger charge is -2.31. The fourth-order valence-electron chi connectivity index (χ4n) is 2.49. The number of nitrogens with two attached hydrogens (primary N) is 1. The van der Waals surface area contributed by atoms with Gasteiger partial charge < -0.3 is 15.8 Å². The first-order valence-corrected chi connectivity index (χ1v) is 7.65. The third-order valence-electron chi connectivity index (χ3n) is 3.58. The van der Waals surface area contributed by atoms with Gasteiger partial charge in [0.15, 0.2) is 0 Å². The molecule has 1 aliphatic rings. The smallest absolute Gasteiger partial charge is 0.238 e. The number of anilines is 2. The fourth-order valence-corrected chi connectivity index (χ4v) is 2.61. The van der Waals surface area contributed by atoms with Gasteiger partial charge in [-0.15, -0.1) is 0 Å². The largest absolute Gasteiger partial charge is 0.397 e. The van der Waals surface area contributed by atoms with Crippen LogP contribution in [0, 0.1) is 0 Å². The molecule has 2 rings (SSSR count). The van der Waals surface area contributed by atoms with Gasteiger partial charge in [-0.25, -0.2) is 0 Å². The number of benzene rings is 1. The SMILES string of the molecule is CCOC1CCN(CC(=O)Nc2ccc(Cl)c(N)c2)CC1. The summed E-state index contributed by atoms with van der Waals surface area (Å²) < 4.78 is 5.60. The zero-order valence-corrected chi connectivity index (χ0v) is 13.0. The Hall–Kier alpha value is -1.30. The maximum absolute atomic E-state index is 12.0. The molecule has 116 valence electrons. The van der Waals surface area contributed by atoms with Gasteiger partial charge >= 0.3 is 0 Å². The standard InChI is InChI=1S/C15H22ClN3O2/c1-2-21-12-5-7-19(8-6-12)10-15(20)18-11-3-4-13(16)14(17)9-11/h3-4,9,12H,2,5-8,10,17H2,1H3,(H,18,20). The van der Waals surface area contributed by atoms with Gasteiger partial charge in [0.1, 0.15) is 0 Å². The fraction of sp³-hybridized carbons (Fsp3) is 0.533. The molecular formula is C15H22ClN3O2. The van der Waals surface area contributed by atoms with Crippen LogP contribution in [0.1, 0.15) is 19.8 Å². The molecule has 0 bridgehead atoms. The van der Waals surface area contributed by atoms with E-state index in [0.29, 0.717) is 29.0 Å². The van der Waals surface area contributed by atoms with E-state index in [1.807, 2.05) is 6.92 Å². The summed E-state index contributed by atoms with van der Waals surface area (Å²) >= 11 is 5.85. The lowest BCUT2D eigenvalue weighted by atomic mass is 10.1. The molecule has 1 fully saturated rings. The summed E-state index contributed by atoms with van der Waals surface area (Å²) in [4.78, 5) is 14.2. The van der Waals surface area contributed by atoms with Gasteiger partial charge in [0.2, 0.25) is 5.91 Å². The molecule has 1 aliphatic heterocycles. The van der Waals surface area contributed by atoms with Crippen LogP contribution < -0.4 is 11.1 Å². The molecule has 0 atom stereocenters. The maximum Gasteiger partial charge on any atom is 0.238 e. The van der Waals surface area contributed by atoms with Crippen molar-refractivity contribution in [2.45, 2.75) is 25.9 Å². The van der Waals surface area contributed by atoms with Gasteiger partial charge in [-0.3, -0.25) is 9.69 Å². The number of hydrogen-bond acceptors (Lipinski definition) is 4. The summed E-state index contributed by atoms with van der Waals surface area (Å²) in [6, 6.07) is 5.10. The summed E-state index contributed by atoms with van der Waals surface area (Å²) in [6.07, 6.45) is 2.30. The molecule has 0 aromatic heterocycles. The molecule has 1 heterocycles. The Morgan fingerprint density at radius 3 is 2.81 bits per heavy atom. The van der Waals surface area contributed by atoms with E-state index in [0.717, 1.165) is 32.5 Å². The van der Waals surface area contributed by atoms with Gasteiger partial charge in [0, 0.05) is 25.4 Å². The van der Waals surface area contributed by atoms with Crippen LogP contribution in [0.3, 0.4) is 0 Å². The molecule has 1 saturated heterocycles. The molecule has 1 amide bonds. The van der Waals surface area contributed by atoms with E-state index in [4.69, 9.17) is 22.1 Å². The molecular weight excluding hydrogens is 290 g/mol. The minimum atomic E-state index is -0.0356. The first-order chi connectivity index (χ1) is 10.1. The van der Waals surface area contributed by atoms with Gasteiger partial charge in [-0.2, -0.15) is 0 Å². The Morgan fingerprint density at radius 1 is 1.48 bits per heavy atom. The van der Waals surface area contributed by atoms with E-state index in [1.165, 1.54) is 0 Å². The van der Waals surface area contributed by atoms with Crippen LogP contribution >= 0.6 is 11.6 Å². The molecule has 0 aliphatic carbocycles. The van der Waals surface area contributed by atoms with Crippen LogP contribution in [0.2, 0.25) is 5.02 Å². The first kappa shape index (κ1) is 16.1. The summed E-state index contributed by atoms with van der Waals surface area (Å²) in [7, 11) is 0. The molecule has 3 N–H and O–H groups in total. The number of halogens is 1. The zero-order valence-electron chi connectivity index (χ0n) is 12.3. The summed E-state index contributed by atoms with van der Waals surface area (Å²) in [6.45, 7) is 4.93. The summed E-state index contributed by atoms with van der Waals surface area (Å²) in [5.41, 5.74) is 6.85. The Morgan fingerprint density at radius 2 is 2.19 bits per heavy atom. The Bertz CT molecular complexity index is 488.